The number of nitrogens with two attached hydrogens (primary N) is 6. The molecule has 0 saturated heterocycles. The molecule has 2 aromatic rings. The third-order valence-corrected chi connectivity index (χ3v) is 14.2. The highest BCUT2D eigenvalue weighted by Gasteiger charge is 2.35. The molecule has 1 aliphatic heterocycles. The number of nitrogens with one attached hydrogen (secondary N) is 1. The Labute approximate surface area is 507 Å². The number of aliphatic hydroxyl groups excluding tert-OH is 1. The van der Waals surface area contributed by atoms with Crippen molar-refractivity contribution < 1.29 is 88.7 Å². The first-order valence-corrected chi connectivity index (χ1v) is 29.4. The summed E-state index contributed by atoms with van der Waals surface area (Å²) in [5.41, 5.74) is 35.6. The van der Waals surface area contributed by atoms with Gasteiger partial charge >= 0.3 is 47.8 Å². The van der Waals surface area contributed by atoms with Gasteiger partial charge in [0.25, 0.3) is 0 Å². The van der Waals surface area contributed by atoms with Gasteiger partial charge in [-0.3, -0.25) is 38.4 Å². The highest BCUT2D eigenvalue weighted by Crippen LogP contribution is 2.45. The number of carbonyl (C=O) groups excluding carboxylic acids is 1. The van der Waals surface area contributed by atoms with Gasteiger partial charge < -0.3 is 89.7 Å². The number of benzene rings is 1. The predicted octanol–water partition coefficient (Wildman–Crippen LogP) is 6.14. The summed E-state index contributed by atoms with van der Waals surface area (Å²) >= 11 is 0. The second-order valence-corrected chi connectivity index (χ2v) is 23.8. The molecule has 26 heteroatoms. The van der Waals surface area contributed by atoms with E-state index >= 15 is 0 Å². The van der Waals surface area contributed by atoms with Crippen molar-refractivity contribution in [3.8, 4) is 11.5 Å². The molecule has 21 N–H and O–H groups in total. The van der Waals surface area contributed by atoms with Crippen molar-refractivity contribution >= 4 is 47.8 Å². The molecule has 1 aliphatic rings. The Kier molecular flexibility index (Phi) is 43.1. The molecular formula is C60H108N8O18. The Morgan fingerprint density at radius 3 is 1.42 bits per heavy atom. The minimum Gasteiger partial charge on any atom is -0.487 e. The van der Waals surface area contributed by atoms with Crippen molar-refractivity contribution in [3.05, 3.63) is 40.5 Å². The number of aliphatic hydroxyl groups is 1. The third-order valence-electron chi connectivity index (χ3n) is 14.2. The van der Waals surface area contributed by atoms with E-state index in [1.165, 1.54) is 64.6 Å². The number of fused-ring (bicyclic) bond motifs is 1. The Morgan fingerprint density at radius 2 is 1.06 bits per heavy atom. The topological polar surface area (TPSA) is 502 Å². The first-order valence-electron chi connectivity index (χ1n) is 29.4. The van der Waals surface area contributed by atoms with Crippen LogP contribution in [0.3, 0.4) is 0 Å². The number of nitrogens with zero attached hydrogens (tertiary/aromatic N) is 1. The Balaban J connectivity index is -0.00000120. The van der Waals surface area contributed by atoms with E-state index in [1.807, 2.05) is 34.6 Å². The van der Waals surface area contributed by atoms with Crippen LogP contribution in [0.5, 0.6) is 11.5 Å². The standard InChI is InChI=1S/C34H57NO5.C6H9N3O2.C6H13NO2.C5H9NO4.C5H11NO2.C4H9NO3/c1-22(2)12-9-13-23(3)14-10-15-24(4)16-11-20-34(8)21-19-28-27(7)31(25(5)26(6)32(28)40-34)39-30(36)18-17-29(35)33(37)38;7-5(6(10)11)1-4-2-8-3-9-4;1-4(2)3-5(7)6(8)9;6-3(5(9)10)1-2-4(7)8;1-3(2)4(6)5(7)8;1-2(6)3(5)4(7)8/h22-24,29H,9-21,35H2,1-8H3,(H,37,38);2-3,5H,1,7H2,(H,8,9)(H,10,11);4-5H,3,7H2,1-2H3,(H,8,9);3H,1-2,6H2,(H,7,8)(H,9,10);3-4H,6H2,1-2H3,(H,7,8);2-3,6H,5H2,1H3,(H,7,8)/t23?,24?,29-,34?;2*5-;3-;4-;2-,3+/m000001/s1. The van der Waals surface area contributed by atoms with Gasteiger partial charge in [-0.05, 0) is 126 Å². The maximum atomic E-state index is 12.5. The molecule has 10 atom stereocenters. The van der Waals surface area contributed by atoms with E-state index in [4.69, 9.17) is 84.7 Å². The quantitative estimate of drug-likeness (QED) is 0.0298. The molecule has 0 fully saturated rings. The summed E-state index contributed by atoms with van der Waals surface area (Å²) in [7, 11) is 0. The van der Waals surface area contributed by atoms with Gasteiger partial charge in [-0.15, -0.1) is 0 Å². The number of carboxylic acid groups (broad SMARTS) is 7. The van der Waals surface area contributed by atoms with Crippen molar-refractivity contribution in [2.24, 2.45) is 64.0 Å². The molecule has 1 aromatic carbocycles. The third kappa shape index (κ3) is 38.7. The van der Waals surface area contributed by atoms with Crippen molar-refractivity contribution in [1.82, 2.24) is 9.97 Å². The Hall–Kier alpha value is -6.29. The molecule has 86 heavy (non-hydrogen) atoms. The number of hydrogen-bond donors (Lipinski definition) is 15. The molecule has 496 valence electrons. The van der Waals surface area contributed by atoms with Gasteiger partial charge in [-0.1, -0.05) is 100 Å². The number of rotatable bonds is 31. The van der Waals surface area contributed by atoms with Crippen molar-refractivity contribution in [2.75, 3.05) is 0 Å². The number of carboxylic acids is 7. The fourth-order valence-corrected chi connectivity index (χ4v) is 8.20. The molecule has 0 spiro atoms. The average molecular weight is 1230 g/mol. The zero-order valence-electron chi connectivity index (χ0n) is 53.2. The summed E-state index contributed by atoms with van der Waals surface area (Å²) in [6, 6.07) is -5.54. The number of imidazole rings is 1. The second-order valence-electron chi connectivity index (χ2n) is 23.8. The van der Waals surface area contributed by atoms with E-state index in [0.29, 0.717) is 18.1 Å². The fraction of sp³-hybridized carbons (Fsp3) is 0.717. The predicted molar refractivity (Wildman–Crippen MR) is 326 cm³/mol. The molecule has 3 rings (SSSR count). The van der Waals surface area contributed by atoms with Crippen molar-refractivity contribution in [3.63, 3.8) is 0 Å². The zero-order chi connectivity index (χ0) is 67.4. The highest BCUT2D eigenvalue weighted by molar-refractivity contribution is 5.78. The molecule has 2 heterocycles. The monoisotopic (exact) mass is 1230 g/mol. The molecule has 26 nitrogen and oxygen atoms in total. The highest BCUT2D eigenvalue weighted by atomic mass is 16.5. The number of carbonyl (C=O) groups is 8. The van der Waals surface area contributed by atoms with Gasteiger partial charge in [0, 0.05) is 36.7 Å². The van der Waals surface area contributed by atoms with Crippen molar-refractivity contribution in [2.45, 2.75) is 247 Å². The molecule has 3 unspecified atom stereocenters. The van der Waals surface area contributed by atoms with Crippen LogP contribution in [0.4, 0.5) is 0 Å². The van der Waals surface area contributed by atoms with Crippen LogP contribution in [-0.4, -0.2) is 147 Å². The molecule has 0 amide bonds. The van der Waals surface area contributed by atoms with E-state index in [9.17, 15) is 38.4 Å². The lowest BCUT2D eigenvalue weighted by molar-refractivity contribution is -0.141. The summed E-state index contributed by atoms with van der Waals surface area (Å²) in [6.07, 6.45) is 16.1. The van der Waals surface area contributed by atoms with Crippen LogP contribution in [-0.2, 0) is 51.2 Å². The first-order chi connectivity index (χ1) is 39.6. The van der Waals surface area contributed by atoms with Gasteiger partial charge in [0.1, 0.15) is 53.4 Å². The maximum absolute atomic E-state index is 12.5. The van der Waals surface area contributed by atoms with Gasteiger partial charge in [-0.25, -0.2) is 4.98 Å². The lowest BCUT2D eigenvalue weighted by atomic mass is 9.83. The molecule has 1 aromatic heterocycles. The zero-order valence-corrected chi connectivity index (χ0v) is 53.2. The average Bonchev–Trinajstić information content (AvgIpc) is 0.918. The first kappa shape index (κ1) is 83.9. The Bertz CT molecular complexity index is 2310. The number of H-pyrrole nitrogens is 1. The van der Waals surface area contributed by atoms with E-state index in [1.54, 1.807) is 20.0 Å². The van der Waals surface area contributed by atoms with Gasteiger partial charge in [0.05, 0.1) is 12.4 Å². The van der Waals surface area contributed by atoms with E-state index in [2.05, 4.69) is 44.6 Å². The molecular weight excluding hydrogens is 1120 g/mol. The second kappa shape index (κ2) is 44.2. The summed E-state index contributed by atoms with van der Waals surface area (Å²) < 4.78 is 12.4. The van der Waals surface area contributed by atoms with Gasteiger partial charge in [0.15, 0.2) is 0 Å². The lowest BCUT2D eigenvalue weighted by Crippen LogP contribution is -2.39. The number of esters is 1. The molecule has 0 radical (unpaired) electrons. The van der Waals surface area contributed by atoms with Crippen LogP contribution in [0, 0.1) is 50.4 Å². The van der Waals surface area contributed by atoms with E-state index < -0.39 is 90.1 Å². The van der Waals surface area contributed by atoms with Gasteiger partial charge in [-0.2, -0.15) is 0 Å². The summed E-state index contributed by atoms with van der Waals surface area (Å²) in [6.45, 7) is 26.4. The van der Waals surface area contributed by atoms with Crippen LogP contribution in [0.15, 0.2) is 12.5 Å². The van der Waals surface area contributed by atoms with Crippen LogP contribution in [0.2, 0.25) is 0 Å². The van der Waals surface area contributed by atoms with Crippen LogP contribution >= 0.6 is 0 Å². The summed E-state index contributed by atoms with van der Waals surface area (Å²) in [5, 5.41) is 66.7. The summed E-state index contributed by atoms with van der Waals surface area (Å²) in [4.78, 5) is 90.0. The Morgan fingerprint density at radius 1 is 0.593 bits per heavy atom. The minimum absolute atomic E-state index is 0.0208. The number of aromatic nitrogens is 2. The number of ether oxygens (including phenoxy) is 2. The van der Waals surface area contributed by atoms with E-state index in [0.717, 1.165) is 70.7 Å². The van der Waals surface area contributed by atoms with Crippen LogP contribution in [0.25, 0.3) is 0 Å². The lowest BCUT2D eigenvalue weighted by Gasteiger charge is -2.38. The summed E-state index contributed by atoms with van der Waals surface area (Å²) in [5.74, 6) is -3.50. The molecule has 0 aliphatic carbocycles. The van der Waals surface area contributed by atoms with Crippen molar-refractivity contribution in [1.29, 1.82) is 0 Å². The van der Waals surface area contributed by atoms with E-state index in [-0.39, 0.29) is 43.6 Å². The SMILES string of the molecule is CC(C)C[C@H](N)C(=O)O.CC(C)[C@H](N)C(=O)O.C[C@@H](O)[C@H](N)C(=O)O.Cc1c(C)c2c(c(C)c1OC(=O)CC[C@H](N)C(=O)O)CCC(C)(CCCC(C)CCCC(C)CCCC(C)C)O2.N[C@@H](CCC(=O)O)C(=O)O.N[C@@H](Cc1cnc[nH]1)C(=O)O. The minimum atomic E-state index is -1.18. The maximum Gasteiger partial charge on any atom is 0.323 e. The fourth-order valence-electron chi connectivity index (χ4n) is 8.20. The van der Waals surface area contributed by atoms with Crippen LogP contribution < -0.4 is 43.9 Å². The molecule has 0 saturated carbocycles. The largest absolute Gasteiger partial charge is 0.487 e. The number of aliphatic carboxylic acids is 7. The van der Waals surface area contributed by atoms with Gasteiger partial charge in [0.2, 0.25) is 0 Å². The normalized spacial score (nSPS) is 16.3. The number of hydrogen-bond acceptors (Lipinski definition) is 18. The smallest absolute Gasteiger partial charge is 0.323 e. The molecule has 0 bridgehead atoms. The van der Waals surface area contributed by atoms with Crippen LogP contribution in [0.1, 0.15) is 193 Å². The number of aromatic amines is 1.